The second-order valence-corrected chi connectivity index (χ2v) is 4.00. The van der Waals surface area contributed by atoms with Crippen molar-refractivity contribution >= 4 is 0 Å². The molecule has 104 valence electrons. The summed E-state index contributed by atoms with van der Waals surface area (Å²) in [4.78, 5) is 0. The van der Waals surface area contributed by atoms with Gasteiger partial charge in [-0.3, -0.25) is 0 Å². The van der Waals surface area contributed by atoms with Crippen molar-refractivity contribution in [2.75, 3.05) is 41.0 Å². The summed E-state index contributed by atoms with van der Waals surface area (Å²) in [5, 5.41) is 3.28. The molecule has 5 nitrogen and oxygen atoms in total. The highest BCUT2D eigenvalue weighted by molar-refractivity contribution is 4.57. The third-order valence-electron chi connectivity index (χ3n) is 2.84. The van der Waals surface area contributed by atoms with Crippen LogP contribution in [0.4, 0.5) is 0 Å². The van der Waals surface area contributed by atoms with Crippen molar-refractivity contribution in [1.29, 1.82) is 0 Å². The van der Waals surface area contributed by atoms with Gasteiger partial charge in [-0.25, -0.2) is 0 Å². The molecule has 0 amide bonds. The third-order valence-corrected chi connectivity index (χ3v) is 2.84. The minimum atomic E-state index is -0.863. The zero-order valence-corrected chi connectivity index (χ0v) is 11.5. The van der Waals surface area contributed by atoms with E-state index in [1.165, 1.54) is 12.8 Å². The van der Waals surface area contributed by atoms with Gasteiger partial charge in [0.05, 0.1) is 0 Å². The van der Waals surface area contributed by atoms with Crippen LogP contribution in [0.25, 0.3) is 0 Å². The van der Waals surface area contributed by atoms with Crippen molar-refractivity contribution in [2.24, 2.45) is 5.73 Å². The Balaban J connectivity index is 3.43. The minimum absolute atomic E-state index is 0.706. The molecule has 5 heteroatoms. The molecule has 0 fully saturated rings. The molecule has 17 heavy (non-hydrogen) atoms. The summed E-state index contributed by atoms with van der Waals surface area (Å²) in [5.41, 5.74) is 5.38. The lowest BCUT2D eigenvalue weighted by Gasteiger charge is -2.28. The van der Waals surface area contributed by atoms with E-state index in [0.717, 1.165) is 32.4 Å². The summed E-state index contributed by atoms with van der Waals surface area (Å²) in [5.74, 6) is -0.863. The summed E-state index contributed by atoms with van der Waals surface area (Å²) < 4.78 is 15.7. The number of nitrogens with one attached hydrogen (secondary N) is 1. The van der Waals surface area contributed by atoms with E-state index in [1.54, 1.807) is 21.3 Å². The Morgan fingerprint density at radius 1 is 0.882 bits per heavy atom. The number of ether oxygens (including phenoxy) is 3. The summed E-state index contributed by atoms with van der Waals surface area (Å²) in [6.45, 7) is 2.65. The van der Waals surface area contributed by atoms with E-state index in [-0.39, 0.29) is 0 Å². The first-order chi connectivity index (χ1) is 8.24. The molecule has 3 N–H and O–H groups in total. The molecular formula is C12H28N2O3. The Kier molecular flexibility index (Phi) is 10.8. The van der Waals surface area contributed by atoms with E-state index in [1.807, 2.05) is 0 Å². The molecule has 0 unspecified atom stereocenters. The average molecular weight is 248 g/mol. The fraction of sp³-hybridized carbons (Fsp3) is 1.00. The maximum absolute atomic E-state index is 5.38. The van der Waals surface area contributed by atoms with E-state index in [2.05, 4.69) is 5.32 Å². The predicted molar refractivity (Wildman–Crippen MR) is 68.8 cm³/mol. The molecule has 0 rings (SSSR count). The van der Waals surface area contributed by atoms with E-state index < -0.39 is 5.97 Å². The summed E-state index contributed by atoms with van der Waals surface area (Å²) in [6.07, 6.45) is 5.33. The normalized spacial score (nSPS) is 12.0. The van der Waals surface area contributed by atoms with Gasteiger partial charge in [-0.1, -0.05) is 12.8 Å². The quantitative estimate of drug-likeness (QED) is 0.399. The first-order valence-corrected chi connectivity index (χ1v) is 6.31. The van der Waals surface area contributed by atoms with Gasteiger partial charge in [0.1, 0.15) is 0 Å². The smallest absolute Gasteiger partial charge is 0.282 e. The Hall–Kier alpha value is -0.200. The highest BCUT2D eigenvalue weighted by Gasteiger charge is 2.28. The van der Waals surface area contributed by atoms with Gasteiger partial charge in [-0.2, -0.15) is 0 Å². The molecule has 0 aliphatic carbocycles. The first kappa shape index (κ1) is 16.8. The van der Waals surface area contributed by atoms with Crippen molar-refractivity contribution in [2.45, 2.75) is 38.1 Å². The van der Waals surface area contributed by atoms with Crippen molar-refractivity contribution in [3.8, 4) is 0 Å². The van der Waals surface area contributed by atoms with Gasteiger partial charge >= 0.3 is 0 Å². The van der Waals surface area contributed by atoms with Crippen LogP contribution in [0.3, 0.4) is 0 Å². The Morgan fingerprint density at radius 2 is 1.47 bits per heavy atom. The van der Waals surface area contributed by atoms with Crippen molar-refractivity contribution in [1.82, 2.24) is 5.32 Å². The number of hydrogen-bond donors (Lipinski definition) is 2. The van der Waals surface area contributed by atoms with Crippen LogP contribution < -0.4 is 11.1 Å². The summed E-state index contributed by atoms with van der Waals surface area (Å²) in [7, 11) is 4.80. The molecule has 0 aromatic rings. The van der Waals surface area contributed by atoms with Crippen LogP contribution in [0.5, 0.6) is 0 Å². The van der Waals surface area contributed by atoms with Crippen molar-refractivity contribution < 1.29 is 14.2 Å². The van der Waals surface area contributed by atoms with Gasteiger partial charge in [0.2, 0.25) is 0 Å². The number of nitrogens with two attached hydrogens (primary N) is 1. The lowest BCUT2D eigenvalue weighted by Crippen LogP contribution is -2.35. The molecule has 0 aliphatic heterocycles. The molecule has 0 aliphatic rings. The second-order valence-electron chi connectivity index (χ2n) is 4.00. The van der Waals surface area contributed by atoms with Crippen LogP contribution >= 0.6 is 0 Å². The standard InChI is InChI=1S/C12H28N2O3/c1-15-12(16-2,17-3)8-6-4-5-7-10-14-11-9-13/h14H,4-11,13H2,1-3H3. The third kappa shape index (κ3) is 7.68. The van der Waals surface area contributed by atoms with Crippen molar-refractivity contribution in [3.63, 3.8) is 0 Å². The SMILES string of the molecule is COC(CCCCCCNCCN)(OC)OC. The number of unbranched alkanes of at least 4 members (excludes halogenated alkanes) is 3. The molecule has 0 radical (unpaired) electrons. The van der Waals surface area contributed by atoms with Crippen LogP contribution in [0, 0.1) is 0 Å². The van der Waals surface area contributed by atoms with Crippen LogP contribution in [0.15, 0.2) is 0 Å². The van der Waals surface area contributed by atoms with Gasteiger partial charge in [-0.05, 0) is 19.4 Å². The molecule has 0 aromatic carbocycles. The van der Waals surface area contributed by atoms with Crippen LogP contribution in [-0.2, 0) is 14.2 Å². The number of hydrogen-bond acceptors (Lipinski definition) is 5. The van der Waals surface area contributed by atoms with Gasteiger partial charge in [0.25, 0.3) is 5.97 Å². The Morgan fingerprint density at radius 3 is 2.00 bits per heavy atom. The van der Waals surface area contributed by atoms with Gasteiger partial charge in [0.15, 0.2) is 0 Å². The molecule has 0 saturated carbocycles. The largest absolute Gasteiger partial charge is 0.331 e. The molecular weight excluding hydrogens is 220 g/mol. The maximum atomic E-state index is 5.38. The van der Waals surface area contributed by atoms with E-state index >= 15 is 0 Å². The zero-order valence-electron chi connectivity index (χ0n) is 11.5. The molecule has 0 aromatic heterocycles. The molecule has 0 atom stereocenters. The zero-order chi connectivity index (χ0) is 13.0. The van der Waals surface area contributed by atoms with Gasteiger partial charge < -0.3 is 25.3 Å². The fourth-order valence-electron chi connectivity index (χ4n) is 1.73. The maximum Gasteiger partial charge on any atom is 0.282 e. The second kappa shape index (κ2) is 10.9. The minimum Gasteiger partial charge on any atom is -0.331 e. The van der Waals surface area contributed by atoms with Gasteiger partial charge in [-0.15, -0.1) is 0 Å². The molecule has 0 bridgehead atoms. The number of methoxy groups -OCH3 is 3. The average Bonchev–Trinajstić information content (AvgIpc) is 2.38. The van der Waals surface area contributed by atoms with Crippen LogP contribution in [-0.4, -0.2) is 46.9 Å². The highest BCUT2D eigenvalue weighted by atomic mass is 16.9. The summed E-state index contributed by atoms with van der Waals surface area (Å²) >= 11 is 0. The lowest BCUT2D eigenvalue weighted by molar-refractivity contribution is -0.355. The fourth-order valence-corrected chi connectivity index (χ4v) is 1.73. The Bertz CT molecular complexity index is 156. The Labute approximate surface area is 105 Å². The topological polar surface area (TPSA) is 65.7 Å². The van der Waals surface area contributed by atoms with E-state index in [0.29, 0.717) is 6.54 Å². The number of rotatable bonds is 12. The van der Waals surface area contributed by atoms with E-state index in [4.69, 9.17) is 19.9 Å². The predicted octanol–water partition coefficient (Wildman–Crippen LogP) is 1.08. The summed E-state index contributed by atoms with van der Waals surface area (Å²) in [6, 6.07) is 0. The highest BCUT2D eigenvalue weighted by Crippen LogP contribution is 2.20. The van der Waals surface area contributed by atoms with Gasteiger partial charge in [0, 0.05) is 40.8 Å². The monoisotopic (exact) mass is 248 g/mol. The van der Waals surface area contributed by atoms with Crippen LogP contribution in [0.2, 0.25) is 0 Å². The van der Waals surface area contributed by atoms with Crippen molar-refractivity contribution in [3.05, 3.63) is 0 Å². The lowest BCUT2D eigenvalue weighted by atomic mass is 10.1. The molecule has 0 spiro atoms. The molecule has 0 heterocycles. The van der Waals surface area contributed by atoms with Crippen LogP contribution in [0.1, 0.15) is 32.1 Å². The first-order valence-electron chi connectivity index (χ1n) is 6.31. The molecule has 0 saturated heterocycles. The van der Waals surface area contributed by atoms with E-state index in [9.17, 15) is 0 Å².